The number of carbonyl (C=O) groups excluding carboxylic acids is 2. The van der Waals surface area contributed by atoms with Crippen LogP contribution in [0.5, 0.6) is 5.75 Å². The van der Waals surface area contributed by atoms with E-state index < -0.39 is 22.4 Å². The molecule has 0 unspecified atom stereocenters. The highest BCUT2D eigenvalue weighted by Gasteiger charge is 2.35. The number of hydrogen-bond donors (Lipinski definition) is 0. The van der Waals surface area contributed by atoms with Crippen molar-refractivity contribution in [1.29, 1.82) is 0 Å². The Morgan fingerprint density at radius 3 is 2.42 bits per heavy atom. The number of benzene rings is 2. The van der Waals surface area contributed by atoms with Crippen molar-refractivity contribution in [3.05, 3.63) is 58.1 Å². The molecule has 0 aliphatic carbocycles. The Labute approximate surface area is 186 Å². The average molecular weight is 464 g/mol. The minimum absolute atomic E-state index is 0.0670. The molecule has 12 heteroatoms. The molecular weight excluding hydrogens is 445 g/mol. The zero-order valence-electron chi connectivity index (χ0n) is 17.2. The van der Waals surface area contributed by atoms with Crippen LogP contribution in [0.4, 0.5) is 30.2 Å². The molecule has 2 aromatic rings. The van der Waals surface area contributed by atoms with E-state index in [1.54, 1.807) is 29.2 Å². The Kier molecular flexibility index (Phi) is 5.83. The number of hydrogen-bond acceptors (Lipinski definition) is 6. The highest BCUT2D eigenvalue weighted by atomic mass is 19.4. The van der Waals surface area contributed by atoms with Gasteiger partial charge in [-0.15, -0.1) is 0 Å². The summed E-state index contributed by atoms with van der Waals surface area (Å²) in [4.78, 5) is 40.1. The molecule has 0 spiro atoms. The third-order valence-electron chi connectivity index (χ3n) is 5.57. The third kappa shape index (κ3) is 4.54. The predicted octanol–water partition coefficient (Wildman–Crippen LogP) is 2.69. The maximum absolute atomic E-state index is 12.9. The molecular formula is C21H19F3N4O5. The summed E-state index contributed by atoms with van der Waals surface area (Å²) in [5.74, 6) is -0.146. The lowest BCUT2D eigenvalue weighted by Crippen LogP contribution is -2.53. The second-order valence-electron chi connectivity index (χ2n) is 7.56. The van der Waals surface area contributed by atoms with Gasteiger partial charge < -0.3 is 14.5 Å². The van der Waals surface area contributed by atoms with E-state index in [2.05, 4.69) is 0 Å². The molecule has 0 N–H and O–H groups in total. The van der Waals surface area contributed by atoms with Crippen LogP contribution in [0, 0.1) is 10.1 Å². The molecule has 1 fully saturated rings. The van der Waals surface area contributed by atoms with Crippen LogP contribution in [0.15, 0.2) is 42.5 Å². The fourth-order valence-corrected chi connectivity index (χ4v) is 3.87. The van der Waals surface area contributed by atoms with E-state index in [4.69, 9.17) is 4.74 Å². The van der Waals surface area contributed by atoms with Gasteiger partial charge in [-0.1, -0.05) is 12.1 Å². The highest BCUT2D eigenvalue weighted by Crippen LogP contribution is 2.37. The smallest absolute Gasteiger partial charge is 0.416 e. The number of nitro benzene ring substituents is 1. The number of alkyl halides is 3. The van der Waals surface area contributed by atoms with E-state index in [1.165, 1.54) is 9.80 Å². The number of ether oxygens (including phenoxy) is 1. The van der Waals surface area contributed by atoms with Crippen LogP contribution in [-0.4, -0.2) is 61.0 Å². The van der Waals surface area contributed by atoms with Gasteiger partial charge >= 0.3 is 6.18 Å². The molecule has 2 aliphatic heterocycles. The predicted molar refractivity (Wildman–Crippen MR) is 111 cm³/mol. The molecule has 4 rings (SSSR count). The summed E-state index contributed by atoms with van der Waals surface area (Å²) in [7, 11) is 0. The number of nitrogens with zero attached hydrogens (tertiary/aromatic N) is 4. The number of nitro groups is 1. The minimum Gasteiger partial charge on any atom is -0.482 e. The number of fused-ring (bicyclic) bond motifs is 1. The Morgan fingerprint density at radius 2 is 1.76 bits per heavy atom. The average Bonchev–Trinajstić information content (AvgIpc) is 2.80. The summed E-state index contributed by atoms with van der Waals surface area (Å²) in [6.07, 6.45) is -4.69. The summed E-state index contributed by atoms with van der Waals surface area (Å²) in [5.41, 5.74) is -1.17. The van der Waals surface area contributed by atoms with Gasteiger partial charge in [0.05, 0.1) is 16.2 Å². The van der Waals surface area contributed by atoms with Crippen molar-refractivity contribution >= 4 is 28.9 Å². The van der Waals surface area contributed by atoms with Gasteiger partial charge in [0, 0.05) is 32.2 Å². The lowest BCUT2D eigenvalue weighted by molar-refractivity contribution is -0.384. The van der Waals surface area contributed by atoms with Crippen molar-refractivity contribution in [2.45, 2.75) is 6.18 Å². The topological polar surface area (TPSA) is 96.2 Å². The number of carbonyl (C=O) groups is 2. The molecule has 1 saturated heterocycles. The van der Waals surface area contributed by atoms with Crippen molar-refractivity contribution in [2.24, 2.45) is 0 Å². The van der Waals surface area contributed by atoms with Gasteiger partial charge in [0.2, 0.25) is 5.91 Å². The van der Waals surface area contributed by atoms with Gasteiger partial charge in [0.25, 0.3) is 11.6 Å². The van der Waals surface area contributed by atoms with Gasteiger partial charge in [0.1, 0.15) is 18.0 Å². The van der Waals surface area contributed by atoms with Gasteiger partial charge in [-0.3, -0.25) is 24.6 Å². The first kappa shape index (κ1) is 22.4. The molecule has 0 atom stereocenters. The third-order valence-corrected chi connectivity index (χ3v) is 5.57. The molecule has 2 aromatic carbocycles. The standard InChI is InChI=1S/C21H19F3N4O5/c22-21(23,24)14-5-6-15(17(11-14)28(31)32)25-7-9-26(10-8-25)19(29)12-27-16-3-1-2-4-18(16)33-13-20(27)30/h1-6,11H,7-10,12-13H2. The zero-order chi connectivity index (χ0) is 23.8. The van der Waals surface area contributed by atoms with Crippen LogP contribution in [0.1, 0.15) is 5.56 Å². The molecule has 2 aliphatic rings. The SMILES string of the molecule is O=C(CN1C(=O)COc2ccccc21)N1CCN(c2ccc(C(F)(F)F)cc2[N+](=O)[O-])CC1. The Morgan fingerprint density at radius 1 is 1.06 bits per heavy atom. The van der Waals surface area contributed by atoms with Crippen molar-refractivity contribution in [3.63, 3.8) is 0 Å². The fraction of sp³-hybridized carbons (Fsp3) is 0.333. The molecule has 0 saturated carbocycles. The van der Waals surface area contributed by atoms with Crippen molar-refractivity contribution in [3.8, 4) is 5.75 Å². The number of piperazine rings is 1. The first-order chi connectivity index (χ1) is 15.6. The Hall–Kier alpha value is -3.83. The largest absolute Gasteiger partial charge is 0.482 e. The van der Waals surface area contributed by atoms with E-state index in [0.29, 0.717) is 17.5 Å². The first-order valence-electron chi connectivity index (χ1n) is 10.1. The van der Waals surface area contributed by atoms with Gasteiger partial charge in [-0.05, 0) is 24.3 Å². The second kappa shape index (κ2) is 8.60. The van der Waals surface area contributed by atoms with Crippen molar-refractivity contribution in [1.82, 2.24) is 4.90 Å². The first-order valence-corrected chi connectivity index (χ1v) is 10.1. The van der Waals surface area contributed by atoms with Crippen molar-refractivity contribution in [2.75, 3.05) is 49.1 Å². The maximum Gasteiger partial charge on any atom is 0.416 e. The van der Waals surface area contributed by atoms with Crippen LogP contribution < -0.4 is 14.5 Å². The summed E-state index contributed by atoms with van der Waals surface area (Å²) in [6, 6.07) is 9.29. The van der Waals surface area contributed by atoms with Crippen LogP contribution >= 0.6 is 0 Å². The second-order valence-corrected chi connectivity index (χ2v) is 7.56. The van der Waals surface area contributed by atoms with Gasteiger partial charge in [0.15, 0.2) is 6.61 Å². The van der Waals surface area contributed by atoms with Crippen LogP contribution in [0.2, 0.25) is 0 Å². The maximum atomic E-state index is 12.9. The number of rotatable bonds is 4. The number of anilines is 2. The highest BCUT2D eigenvalue weighted by molar-refractivity contribution is 6.02. The van der Waals surface area contributed by atoms with E-state index in [0.717, 1.165) is 12.1 Å². The molecule has 0 aromatic heterocycles. The number of amides is 2. The van der Waals surface area contributed by atoms with Gasteiger partial charge in [-0.25, -0.2) is 0 Å². The van der Waals surface area contributed by atoms with Crippen LogP contribution in [0.3, 0.4) is 0 Å². The van der Waals surface area contributed by atoms with Crippen LogP contribution in [0.25, 0.3) is 0 Å². The lowest BCUT2D eigenvalue weighted by atomic mass is 10.1. The van der Waals surface area contributed by atoms with Gasteiger partial charge in [-0.2, -0.15) is 13.2 Å². The Balaban J connectivity index is 1.44. The molecule has 174 valence electrons. The summed E-state index contributed by atoms with van der Waals surface area (Å²) in [6.45, 7) is 0.459. The quantitative estimate of drug-likeness (QED) is 0.510. The molecule has 9 nitrogen and oxygen atoms in total. The summed E-state index contributed by atoms with van der Waals surface area (Å²) >= 11 is 0. The number of halogens is 3. The normalized spacial score (nSPS) is 16.3. The molecule has 33 heavy (non-hydrogen) atoms. The van der Waals surface area contributed by atoms with Crippen LogP contribution in [-0.2, 0) is 15.8 Å². The van der Waals surface area contributed by atoms with Crippen molar-refractivity contribution < 1.29 is 32.4 Å². The lowest BCUT2D eigenvalue weighted by Gasteiger charge is -2.37. The summed E-state index contributed by atoms with van der Waals surface area (Å²) in [5, 5.41) is 11.4. The molecule has 2 amide bonds. The van der Waals surface area contributed by atoms with E-state index in [1.807, 2.05) is 0 Å². The van der Waals surface area contributed by atoms with E-state index in [-0.39, 0.29) is 56.8 Å². The molecule has 0 bridgehead atoms. The molecule has 2 heterocycles. The molecule has 0 radical (unpaired) electrons. The summed E-state index contributed by atoms with van der Waals surface area (Å²) < 4.78 is 44.2. The monoisotopic (exact) mass is 464 g/mol. The fourth-order valence-electron chi connectivity index (χ4n) is 3.87. The zero-order valence-corrected chi connectivity index (χ0v) is 17.2. The van der Waals surface area contributed by atoms with E-state index in [9.17, 15) is 32.9 Å². The van der Waals surface area contributed by atoms with E-state index >= 15 is 0 Å². The Bertz CT molecular complexity index is 1100. The number of para-hydroxylation sites is 2. The minimum atomic E-state index is -4.69.